The van der Waals surface area contributed by atoms with Crippen molar-refractivity contribution in [2.75, 3.05) is 13.1 Å². The number of hydrogen-bond acceptors (Lipinski definition) is 2. The largest absolute Gasteiger partial charge is 0.243 e. The highest BCUT2D eigenvalue weighted by atomic mass is 79.9. The lowest BCUT2D eigenvalue weighted by atomic mass is 10.2. The molecule has 0 spiro atoms. The third-order valence-electron chi connectivity index (χ3n) is 2.86. The molecule has 1 aliphatic heterocycles. The van der Waals surface area contributed by atoms with Crippen LogP contribution in [0.15, 0.2) is 27.6 Å². The molecule has 1 heterocycles. The summed E-state index contributed by atoms with van der Waals surface area (Å²) >= 11 is 12.6. The van der Waals surface area contributed by atoms with Crippen molar-refractivity contribution in [3.05, 3.63) is 27.7 Å². The van der Waals surface area contributed by atoms with Gasteiger partial charge in [-0.2, -0.15) is 4.31 Å². The highest BCUT2D eigenvalue weighted by Gasteiger charge is 2.29. The number of benzene rings is 1. The normalized spacial score (nSPS) is 22.1. The molecule has 0 aliphatic carbocycles. The monoisotopic (exact) mass is 415 g/mol. The van der Waals surface area contributed by atoms with Gasteiger partial charge in [0.05, 0.1) is 9.92 Å². The molecule has 1 aliphatic rings. The van der Waals surface area contributed by atoms with Crippen molar-refractivity contribution in [1.82, 2.24) is 4.31 Å². The van der Waals surface area contributed by atoms with Gasteiger partial charge in [0, 0.05) is 22.4 Å². The molecule has 0 amide bonds. The van der Waals surface area contributed by atoms with E-state index in [9.17, 15) is 8.42 Å². The summed E-state index contributed by atoms with van der Waals surface area (Å²) in [7, 11) is -3.42. The van der Waals surface area contributed by atoms with Gasteiger partial charge in [-0.3, -0.25) is 0 Å². The fourth-order valence-corrected chi connectivity index (χ4v) is 4.96. The molecule has 3 nitrogen and oxygen atoms in total. The van der Waals surface area contributed by atoms with Gasteiger partial charge < -0.3 is 0 Å². The van der Waals surface area contributed by atoms with E-state index in [1.54, 1.807) is 18.2 Å². The molecule has 2 rings (SSSR count). The Hall–Kier alpha value is 0.380. The van der Waals surface area contributed by atoms with Crippen LogP contribution in [0.4, 0.5) is 0 Å². The molecule has 18 heavy (non-hydrogen) atoms. The van der Waals surface area contributed by atoms with Crippen LogP contribution >= 0.6 is 43.5 Å². The summed E-state index contributed by atoms with van der Waals surface area (Å²) in [6.07, 6.45) is 1.89. The molecule has 1 fully saturated rings. The summed E-state index contributed by atoms with van der Waals surface area (Å²) in [4.78, 5) is 0.511. The van der Waals surface area contributed by atoms with Crippen molar-refractivity contribution in [3.63, 3.8) is 0 Å². The smallest absolute Gasteiger partial charge is 0.207 e. The molecule has 100 valence electrons. The maximum absolute atomic E-state index is 12.4. The summed E-state index contributed by atoms with van der Waals surface area (Å²) in [5.74, 6) is 0. The van der Waals surface area contributed by atoms with E-state index >= 15 is 0 Å². The number of alkyl halides is 1. The Balaban J connectivity index is 2.32. The quantitative estimate of drug-likeness (QED) is 0.689. The predicted octanol–water partition coefficient (Wildman–Crippen LogP) is 3.65. The lowest BCUT2D eigenvalue weighted by Crippen LogP contribution is -2.40. The topological polar surface area (TPSA) is 37.4 Å². The Morgan fingerprint density at radius 3 is 2.72 bits per heavy atom. The van der Waals surface area contributed by atoms with E-state index in [2.05, 4.69) is 31.9 Å². The van der Waals surface area contributed by atoms with Gasteiger partial charge in [-0.05, 0) is 47.0 Å². The predicted molar refractivity (Wildman–Crippen MR) is 79.9 cm³/mol. The minimum atomic E-state index is -3.42. The summed E-state index contributed by atoms with van der Waals surface area (Å²) in [5.41, 5.74) is 0. The van der Waals surface area contributed by atoms with Crippen LogP contribution in [-0.2, 0) is 10.0 Å². The molecule has 0 N–H and O–H groups in total. The molecule has 0 saturated carbocycles. The van der Waals surface area contributed by atoms with Crippen LogP contribution in [0, 0.1) is 0 Å². The van der Waals surface area contributed by atoms with Gasteiger partial charge in [-0.15, -0.1) is 0 Å². The summed E-state index contributed by atoms with van der Waals surface area (Å²) < 4.78 is 27.0. The number of nitrogens with zero attached hydrogens (tertiary/aromatic N) is 1. The molecular formula is C11H12Br2ClNO2S. The first-order chi connectivity index (χ1) is 8.41. The second-order valence-corrected chi connectivity index (χ2v) is 8.67. The third-order valence-corrected chi connectivity index (χ3v) is 6.68. The van der Waals surface area contributed by atoms with E-state index in [0.29, 0.717) is 22.6 Å². The lowest BCUT2D eigenvalue weighted by molar-refractivity contribution is 0.356. The van der Waals surface area contributed by atoms with Gasteiger partial charge in [-0.25, -0.2) is 8.42 Å². The fourth-order valence-electron chi connectivity index (χ4n) is 1.90. The van der Waals surface area contributed by atoms with E-state index in [1.807, 2.05) is 0 Å². The first-order valence-electron chi connectivity index (χ1n) is 5.50. The van der Waals surface area contributed by atoms with Crippen LogP contribution < -0.4 is 0 Å². The maximum atomic E-state index is 12.4. The summed E-state index contributed by atoms with van der Waals surface area (Å²) in [6.45, 7) is 1.09. The Kier molecular flexibility index (Phi) is 4.75. The van der Waals surface area contributed by atoms with Gasteiger partial charge in [0.25, 0.3) is 0 Å². The van der Waals surface area contributed by atoms with E-state index in [4.69, 9.17) is 11.6 Å². The van der Waals surface area contributed by atoms with Gasteiger partial charge in [0.1, 0.15) is 0 Å². The van der Waals surface area contributed by atoms with E-state index in [0.717, 1.165) is 12.8 Å². The fraction of sp³-hybridized carbons (Fsp3) is 0.455. The van der Waals surface area contributed by atoms with Crippen molar-refractivity contribution in [2.24, 2.45) is 0 Å². The van der Waals surface area contributed by atoms with E-state index < -0.39 is 10.0 Å². The highest BCUT2D eigenvalue weighted by molar-refractivity contribution is 9.10. The van der Waals surface area contributed by atoms with E-state index in [-0.39, 0.29) is 9.72 Å². The van der Waals surface area contributed by atoms with Crippen molar-refractivity contribution in [1.29, 1.82) is 0 Å². The van der Waals surface area contributed by atoms with E-state index in [1.165, 1.54) is 4.31 Å². The minimum Gasteiger partial charge on any atom is -0.207 e. The van der Waals surface area contributed by atoms with Crippen LogP contribution in [0.2, 0.25) is 5.02 Å². The zero-order valence-corrected chi connectivity index (χ0v) is 14.2. The van der Waals surface area contributed by atoms with Gasteiger partial charge in [0.2, 0.25) is 10.0 Å². The van der Waals surface area contributed by atoms with Gasteiger partial charge in [-0.1, -0.05) is 27.5 Å². The molecule has 1 aromatic carbocycles. The average molecular weight is 418 g/mol. The zero-order chi connectivity index (χ0) is 13.3. The van der Waals surface area contributed by atoms with Crippen molar-refractivity contribution in [2.45, 2.75) is 22.6 Å². The van der Waals surface area contributed by atoms with Gasteiger partial charge >= 0.3 is 0 Å². The molecule has 1 aromatic rings. The first kappa shape index (κ1) is 14.8. The molecule has 1 atom stereocenters. The van der Waals surface area contributed by atoms with Crippen LogP contribution in [0.3, 0.4) is 0 Å². The Labute approximate surface area is 129 Å². The van der Waals surface area contributed by atoms with Crippen molar-refractivity contribution >= 4 is 53.5 Å². The molecule has 7 heteroatoms. The number of hydrogen-bond donors (Lipinski definition) is 0. The maximum Gasteiger partial charge on any atom is 0.243 e. The van der Waals surface area contributed by atoms with Crippen LogP contribution in [-0.4, -0.2) is 30.6 Å². The van der Waals surface area contributed by atoms with Gasteiger partial charge in [0.15, 0.2) is 0 Å². The lowest BCUT2D eigenvalue weighted by Gasteiger charge is -2.29. The number of piperidine rings is 1. The molecular weight excluding hydrogens is 405 g/mol. The average Bonchev–Trinajstić information content (AvgIpc) is 2.32. The molecule has 1 saturated heterocycles. The van der Waals surface area contributed by atoms with Crippen LogP contribution in [0.5, 0.6) is 0 Å². The number of halogens is 3. The highest BCUT2D eigenvalue weighted by Crippen LogP contribution is 2.29. The van der Waals surface area contributed by atoms with Crippen molar-refractivity contribution in [3.8, 4) is 0 Å². The second kappa shape index (κ2) is 5.79. The Bertz CT molecular complexity index is 550. The standard InChI is InChI=1S/C11H12Br2ClNO2S/c12-8-2-1-5-15(7-8)18(16,17)9-3-4-11(14)10(13)6-9/h3-4,6,8H,1-2,5,7H2. The molecule has 0 radical (unpaired) electrons. The first-order valence-corrected chi connectivity index (χ1v) is 9.03. The SMILES string of the molecule is O=S(=O)(c1ccc(Cl)c(Br)c1)N1CCCC(Br)C1. The van der Waals surface area contributed by atoms with Crippen molar-refractivity contribution < 1.29 is 8.42 Å². The third kappa shape index (κ3) is 3.10. The molecule has 0 aromatic heterocycles. The molecule has 0 bridgehead atoms. The summed E-state index contributed by atoms with van der Waals surface area (Å²) in [6, 6.07) is 4.68. The van der Waals surface area contributed by atoms with Crippen LogP contribution in [0.25, 0.3) is 0 Å². The second-order valence-electron chi connectivity index (χ2n) is 4.18. The Morgan fingerprint density at radius 2 is 2.11 bits per heavy atom. The summed E-state index contributed by atoms with van der Waals surface area (Å²) in [5, 5.41) is 0.506. The number of sulfonamides is 1. The molecule has 1 unspecified atom stereocenters. The minimum absolute atomic E-state index is 0.233. The Morgan fingerprint density at radius 1 is 1.39 bits per heavy atom. The zero-order valence-electron chi connectivity index (χ0n) is 9.44. The van der Waals surface area contributed by atoms with Crippen LogP contribution in [0.1, 0.15) is 12.8 Å². The number of rotatable bonds is 2.